The van der Waals surface area contributed by atoms with Gasteiger partial charge in [0.15, 0.2) is 0 Å². The molecule has 0 aromatic heterocycles. The SMILES string of the molecule is CCOC(=O)C(C)(CCCN(C)CC1CCN(C)C1)NC. The van der Waals surface area contributed by atoms with Crippen molar-refractivity contribution in [1.29, 1.82) is 0 Å². The van der Waals surface area contributed by atoms with E-state index in [1.165, 1.54) is 19.5 Å². The molecule has 0 saturated carbocycles. The van der Waals surface area contributed by atoms with E-state index in [0.29, 0.717) is 6.61 Å². The average molecular weight is 299 g/mol. The number of hydrogen-bond acceptors (Lipinski definition) is 5. The third-order valence-electron chi connectivity index (χ3n) is 4.55. The Morgan fingerprint density at radius 2 is 2.24 bits per heavy atom. The molecule has 0 aromatic carbocycles. The van der Waals surface area contributed by atoms with E-state index in [9.17, 15) is 4.79 Å². The minimum Gasteiger partial charge on any atom is -0.465 e. The number of nitrogens with zero attached hydrogens (tertiary/aromatic N) is 2. The standard InChI is InChI=1S/C16H33N3O2/c1-6-21-15(20)16(2,17-3)9-7-10-18(4)12-14-8-11-19(5)13-14/h14,17H,6-13H2,1-5H3. The highest BCUT2D eigenvalue weighted by Gasteiger charge is 2.32. The number of esters is 1. The van der Waals surface area contributed by atoms with Crippen LogP contribution in [0.1, 0.15) is 33.1 Å². The largest absolute Gasteiger partial charge is 0.465 e. The van der Waals surface area contributed by atoms with Gasteiger partial charge < -0.3 is 19.9 Å². The Labute approximate surface area is 130 Å². The van der Waals surface area contributed by atoms with Crippen LogP contribution in [0.5, 0.6) is 0 Å². The minimum absolute atomic E-state index is 0.146. The van der Waals surface area contributed by atoms with E-state index >= 15 is 0 Å². The highest BCUT2D eigenvalue weighted by Crippen LogP contribution is 2.17. The Kier molecular flexibility index (Phi) is 7.63. The summed E-state index contributed by atoms with van der Waals surface area (Å²) in [5.41, 5.74) is -0.565. The molecule has 1 fully saturated rings. The fourth-order valence-corrected chi connectivity index (χ4v) is 3.03. The predicted molar refractivity (Wildman–Crippen MR) is 86.4 cm³/mol. The van der Waals surface area contributed by atoms with Crippen LogP contribution < -0.4 is 5.32 Å². The second-order valence-electron chi connectivity index (χ2n) is 6.59. The highest BCUT2D eigenvalue weighted by atomic mass is 16.5. The zero-order valence-electron chi connectivity index (χ0n) is 14.4. The van der Waals surface area contributed by atoms with Crippen molar-refractivity contribution in [3.05, 3.63) is 0 Å². The highest BCUT2D eigenvalue weighted by molar-refractivity contribution is 5.80. The Balaban J connectivity index is 2.28. The third kappa shape index (κ3) is 5.93. The van der Waals surface area contributed by atoms with Crippen LogP contribution in [0, 0.1) is 5.92 Å². The summed E-state index contributed by atoms with van der Waals surface area (Å²) >= 11 is 0. The molecule has 2 atom stereocenters. The van der Waals surface area contributed by atoms with E-state index in [0.717, 1.165) is 31.8 Å². The summed E-state index contributed by atoms with van der Waals surface area (Å²) in [4.78, 5) is 16.8. The lowest BCUT2D eigenvalue weighted by molar-refractivity contribution is -0.150. The van der Waals surface area contributed by atoms with Crippen LogP contribution >= 0.6 is 0 Å². The first-order valence-corrected chi connectivity index (χ1v) is 8.14. The second kappa shape index (κ2) is 8.71. The fraction of sp³-hybridized carbons (Fsp3) is 0.938. The summed E-state index contributed by atoms with van der Waals surface area (Å²) in [7, 11) is 6.20. The molecule has 0 spiro atoms. The smallest absolute Gasteiger partial charge is 0.326 e. The van der Waals surface area contributed by atoms with Gasteiger partial charge in [-0.1, -0.05) is 0 Å². The Bertz CT molecular complexity index is 325. The summed E-state index contributed by atoms with van der Waals surface area (Å²) in [5, 5.41) is 3.12. The summed E-state index contributed by atoms with van der Waals surface area (Å²) in [6.45, 7) is 8.82. The number of ether oxygens (including phenoxy) is 1. The topological polar surface area (TPSA) is 44.8 Å². The quantitative estimate of drug-likeness (QED) is 0.648. The number of hydrogen-bond donors (Lipinski definition) is 1. The van der Waals surface area contributed by atoms with E-state index in [2.05, 4.69) is 29.2 Å². The second-order valence-corrected chi connectivity index (χ2v) is 6.59. The van der Waals surface area contributed by atoms with Gasteiger partial charge in [-0.2, -0.15) is 0 Å². The van der Waals surface area contributed by atoms with E-state index in [1.54, 1.807) is 0 Å². The van der Waals surface area contributed by atoms with Gasteiger partial charge in [0.25, 0.3) is 0 Å². The van der Waals surface area contributed by atoms with Crippen molar-refractivity contribution >= 4 is 5.97 Å². The number of nitrogens with one attached hydrogen (secondary N) is 1. The Hall–Kier alpha value is -0.650. The van der Waals surface area contributed by atoms with Gasteiger partial charge >= 0.3 is 5.97 Å². The minimum atomic E-state index is -0.565. The first-order chi connectivity index (χ1) is 9.91. The number of likely N-dealkylation sites (tertiary alicyclic amines) is 1. The Morgan fingerprint density at radius 1 is 1.52 bits per heavy atom. The molecule has 5 heteroatoms. The summed E-state index contributed by atoms with van der Waals surface area (Å²) < 4.78 is 5.15. The maximum Gasteiger partial charge on any atom is 0.326 e. The van der Waals surface area contributed by atoms with Crippen molar-refractivity contribution in [2.24, 2.45) is 5.92 Å². The molecule has 0 aromatic rings. The lowest BCUT2D eigenvalue weighted by Gasteiger charge is -2.28. The van der Waals surface area contributed by atoms with Crippen molar-refractivity contribution in [3.63, 3.8) is 0 Å². The van der Waals surface area contributed by atoms with Gasteiger partial charge in [-0.25, -0.2) is 0 Å². The summed E-state index contributed by atoms with van der Waals surface area (Å²) in [5.74, 6) is 0.647. The lowest BCUT2D eigenvalue weighted by atomic mass is 9.96. The number of likely N-dealkylation sites (N-methyl/N-ethyl adjacent to an activating group) is 1. The van der Waals surface area contributed by atoms with E-state index in [-0.39, 0.29) is 5.97 Å². The van der Waals surface area contributed by atoms with Gasteiger partial charge in [0, 0.05) is 13.1 Å². The summed E-state index contributed by atoms with van der Waals surface area (Å²) in [6.07, 6.45) is 3.10. The average Bonchev–Trinajstić information content (AvgIpc) is 2.84. The molecule has 1 saturated heterocycles. The van der Waals surface area contributed by atoms with Crippen molar-refractivity contribution in [2.75, 3.05) is 53.9 Å². The molecule has 124 valence electrons. The van der Waals surface area contributed by atoms with Gasteiger partial charge in [-0.15, -0.1) is 0 Å². The van der Waals surface area contributed by atoms with Crippen LogP contribution in [-0.4, -0.2) is 75.2 Å². The normalized spacial score (nSPS) is 22.5. The number of rotatable bonds is 9. The molecule has 1 aliphatic heterocycles. The molecule has 0 amide bonds. The van der Waals surface area contributed by atoms with Crippen molar-refractivity contribution in [1.82, 2.24) is 15.1 Å². The first-order valence-electron chi connectivity index (χ1n) is 8.14. The molecule has 0 aliphatic carbocycles. The maximum absolute atomic E-state index is 12.0. The van der Waals surface area contributed by atoms with Crippen LogP contribution in [0.4, 0.5) is 0 Å². The molecule has 21 heavy (non-hydrogen) atoms. The first kappa shape index (κ1) is 18.4. The molecule has 1 heterocycles. The molecular formula is C16H33N3O2. The zero-order valence-corrected chi connectivity index (χ0v) is 14.4. The molecule has 0 bridgehead atoms. The van der Waals surface area contributed by atoms with Crippen LogP contribution in [-0.2, 0) is 9.53 Å². The molecule has 5 nitrogen and oxygen atoms in total. The number of carbonyl (C=O) groups excluding carboxylic acids is 1. The zero-order chi connectivity index (χ0) is 15.9. The fourth-order valence-electron chi connectivity index (χ4n) is 3.03. The van der Waals surface area contributed by atoms with Gasteiger partial charge in [0.1, 0.15) is 5.54 Å². The summed E-state index contributed by atoms with van der Waals surface area (Å²) in [6, 6.07) is 0. The molecule has 2 unspecified atom stereocenters. The van der Waals surface area contributed by atoms with E-state index in [4.69, 9.17) is 4.74 Å². The van der Waals surface area contributed by atoms with Gasteiger partial charge in [0.2, 0.25) is 0 Å². The van der Waals surface area contributed by atoms with Crippen molar-refractivity contribution in [3.8, 4) is 0 Å². The Morgan fingerprint density at radius 3 is 2.76 bits per heavy atom. The van der Waals surface area contributed by atoms with Crippen molar-refractivity contribution < 1.29 is 9.53 Å². The van der Waals surface area contributed by atoms with Crippen LogP contribution in [0.2, 0.25) is 0 Å². The monoisotopic (exact) mass is 299 g/mol. The van der Waals surface area contributed by atoms with Gasteiger partial charge in [-0.05, 0) is 73.3 Å². The third-order valence-corrected chi connectivity index (χ3v) is 4.55. The molecule has 0 radical (unpaired) electrons. The van der Waals surface area contributed by atoms with Crippen LogP contribution in [0.3, 0.4) is 0 Å². The van der Waals surface area contributed by atoms with Crippen molar-refractivity contribution in [2.45, 2.75) is 38.6 Å². The van der Waals surface area contributed by atoms with Crippen LogP contribution in [0.15, 0.2) is 0 Å². The van der Waals surface area contributed by atoms with Crippen LogP contribution in [0.25, 0.3) is 0 Å². The van der Waals surface area contributed by atoms with E-state index < -0.39 is 5.54 Å². The molecule has 1 rings (SSSR count). The molecular weight excluding hydrogens is 266 g/mol. The van der Waals surface area contributed by atoms with Gasteiger partial charge in [-0.3, -0.25) is 4.79 Å². The lowest BCUT2D eigenvalue weighted by Crippen LogP contribution is -2.49. The molecule has 1 aliphatic rings. The number of carbonyl (C=O) groups is 1. The van der Waals surface area contributed by atoms with Gasteiger partial charge in [0.05, 0.1) is 6.61 Å². The molecule has 1 N–H and O–H groups in total. The predicted octanol–water partition coefficient (Wildman–Crippen LogP) is 1.19. The maximum atomic E-state index is 12.0. The van der Waals surface area contributed by atoms with E-state index in [1.807, 2.05) is 20.9 Å².